The number of para-hydroxylation sites is 1. The lowest BCUT2D eigenvalue weighted by Gasteiger charge is -2.30. The number of benzene rings is 2. The van der Waals surface area contributed by atoms with Crippen LogP contribution in [0.3, 0.4) is 0 Å². The van der Waals surface area contributed by atoms with Gasteiger partial charge in [0.2, 0.25) is 5.88 Å². The average molecular weight is 484 g/mol. The van der Waals surface area contributed by atoms with Crippen molar-refractivity contribution in [2.45, 2.75) is 37.5 Å². The summed E-state index contributed by atoms with van der Waals surface area (Å²) < 4.78 is 47.3. The number of pyridine rings is 1. The van der Waals surface area contributed by atoms with Crippen LogP contribution in [-0.4, -0.2) is 40.0 Å². The number of hydrogen-bond acceptors (Lipinski definition) is 5. The van der Waals surface area contributed by atoms with Crippen molar-refractivity contribution in [1.82, 2.24) is 19.9 Å². The summed E-state index contributed by atoms with van der Waals surface area (Å²) >= 11 is 0. The molecule has 3 heterocycles. The number of aromatic amines is 1. The Morgan fingerprint density at radius 1 is 1.20 bits per heavy atom. The van der Waals surface area contributed by atoms with Crippen molar-refractivity contribution in [2.24, 2.45) is 0 Å². The smallest absolute Gasteiger partial charge is 0.418 e. The molecule has 5 rings (SSSR count). The van der Waals surface area contributed by atoms with Crippen molar-refractivity contribution in [2.75, 3.05) is 13.7 Å². The maximum atomic E-state index is 13.7. The first-order valence-corrected chi connectivity index (χ1v) is 11.2. The normalized spacial score (nSPS) is 18.7. The van der Waals surface area contributed by atoms with Gasteiger partial charge in [0.25, 0.3) is 0 Å². The molecular weight excluding hydrogens is 461 g/mol. The number of nitrogens with zero attached hydrogens (tertiary/aromatic N) is 2. The average Bonchev–Trinajstić information content (AvgIpc) is 3.18. The number of halogens is 3. The summed E-state index contributed by atoms with van der Waals surface area (Å²) in [6, 6.07) is 11.7. The van der Waals surface area contributed by atoms with Crippen molar-refractivity contribution < 1.29 is 22.7 Å². The van der Waals surface area contributed by atoms with Gasteiger partial charge in [-0.3, -0.25) is 9.36 Å². The van der Waals surface area contributed by atoms with E-state index in [2.05, 4.69) is 15.3 Å². The Morgan fingerprint density at radius 2 is 2.03 bits per heavy atom. The lowest BCUT2D eigenvalue weighted by atomic mass is 9.92. The lowest BCUT2D eigenvalue weighted by molar-refractivity contribution is -0.136. The quantitative estimate of drug-likeness (QED) is 0.447. The molecule has 2 N–H and O–H groups in total. The zero-order valence-corrected chi connectivity index (χ0v) is 18.9. The van der Waals surface area contributed by atoms with E-state index in [4.69, 9.17) is 4.74 Å². The fourth-order valence-corrected chi connectivity index (χ4v) is 4.84. The second-order valence-corrected chi connectivity index (χ2v) is 8.71. The van der Waals surface area contributed by atoms with Crippen LogP contribution in [0.5, 0.6) is 5.88 Å². The summed E-state index contributed by atoms with van der Waals surface area (Å²) in [5.74, 6) is 0.416. The number of imidazole rings is 1. The number of carbonyl (C=O) groups is 1. The fraction of sp³-hybridized carbons (Fsp3) is 0.320. The maximum Gasteiger partial charge on any atom is 0.418 e. The summed E-state index contributed by atoms with van der Waals surface area (Å²) in [5, 5.41) is 4.04. The van der Waals surface area contributed by atoms with E-state index in [1.165, 1.54) is 16.7 Å². The Labute approximate surface area is 197 Å². The van der Waals surface area contributed by atoms with E-state index >= 15 is 0 Å². The van der Waals surface area contributed by atoms with Crippen LogP contribution in [0.25, 0.3) is 21.9 Å². The molecule has 2 unspecified atom stereocenters. The Hall–Kier alpha value is -3.66. The predicted molar refractivity (Wildman–Crippen MR) is 125 cm³/mol. The SMILES string of the molecule is COc1ccc2cc(CC(=O)C3CC(n4c(=O)[nH]c5cccc(C(F)(F)F)c54)CCN3)ccc2n1. The summed E-state index contributed by atoms with van der Waals surface area (Å²) in [4.78, 5) is 32.7. The number of nitrogens with one attached hydrogen (secondary N) is 2. The fourth-order valence-electron chi connectivity index (χ4n) is 4.84. The van der Waals surface area contributed by atoms with Crippen LogP contribution in [0.15, 0.2) is 53.3 Å². The Bertz CT molecular complexity index is 1470. The molecule has 1 fully saturated rings. The molecule has 10 heteroatoms. The molecule has 1 saturated heterocycles. The number of Topliss-reactive ketones (excluding diaryl/α,β-unsaturated/α-hetero) is 1. The molecule has 2 atom stereocenters. The molecule has 7 nitrogen and oxygen atoms in total. The highest BCUT2D eigenvalue weighted by Crippen LogP contribution is 2.36. The number of rotatable bonds is 5. The van der Waals surface area contributed by atoms with Gasteiger partial charge in [0.1, 0.15) is 0 Å². The first kappa shape index (κ1) is 23.1. The standard InChI is InChI=1S/C25H23F3N4O3/c1-35-22-8-6-15-11-14(5-7-18(15)30-22)12-21(33)20-13-16(9-10-29-20)32-23-17(25(26,27)28)3-2-4-19(23)31-24(32)34/h2-8,11,16,20,29H,9-10,12-13H2,1H3,(H,31,34). The molecular formula is C25H23F3N4O3. The van der Waals surface area contributed by atoms with Crippen molar-refractivity contribution in [1.29, 1.82) is 0 Å². The predicted octanol–water partition coefficient (Wildman–Crippen LogP) is 4.01. The van der Waals surface area contributed by atoms with E-state index < -0.39 is 29.5 Å². The van der Waals surface area contributed by atoms with E-state index in [1.54, 1.807) is 13.2 Å². The molecule has 2 aromatic heterocycles. The number of fused-ring (bicyclic) bond motifs is 2. The van der Waals surface area contributed by atoms with Gasteiger partial charge in [0, 0.05) is 23.9 Å². The Balaban J connectivity index is 1.39. The highest BCUT2D eigenvalue weighted by atomic mass is 19.4. The Morgan fingerprint density at radius 3 is 2.80 bits per heavy atom. The van der Waals surface area contributed by atoms with E-state index in [-0.39, 0.29) is 29.7 Å². The molecule has 2 aromatic carbocycles. The summed E-state index contributed by atoms with van der Waals surface area (Å²) in [6.45, 7) is 0.413. The number of alkyl halides is 3. The highest BCUT2D eigenvalue weighted by molar-refractivity contribution is 5.88. The van der Waals surface area contributed by atoms with Crippen LogP contribution in [0, 0.1) is 0 Å². The zero-order chi connectivity index (χ0) is 24.7. The Kier molecular flexibility index (Phi) is 5.84. The van der Waals surface area contributed by atoms with Crippen LogP contribution in [0.4, 0.5) is 13.2 Å². The first-order chi connectivity index (χ1) is 16.7. The second-order valence-electron chi connectivity index (χ2n) is 8.71. The number of carbonyl (C=O) groups excluding carboxylic acids is 1. The van der Waals surface area contributed by atoms with Gasteiger partial charge in [-0.15, -0.1) is 0 Å². The molecule has 0 radical (unpaired) electrons. The maximum absolute atomic E-state index is 13.7. The third kappa shape index (κ3) is 4.41. The van der Waals surface area contributed by atoms with Gasteiger partial charge >= 0.3 is 11.9 Å². The molecule has 182 valence electrons. The number of piperidine rings is 1. The number of aromatic nitrogens is 3. The third-order valence-electron chi connectivity index (χ3n) is 6.49. The first-order valence-electron chi connectivity index (χ1n) is 11.2. The monoisotopic (exact) mass is 484 g/mol. The van der Waals surface area contributed by atoms with E-state index in [9.17, 15) is 22.8 Å². The minimum Gasteiger partial charge on any atom is -0.481 e. The number of ketones is 1. The summed E-state index contributed by atoms with van der Waals surface area (Å²) in [7, 11) is 1.54. The van der Waals surface area contributed by atoms with Crippen LogP contribution < -0.4 is 15.7 Å². The van der Waals surface area contributed by atoms with Crippen molar-refractivity contribution in [3.05, 3.63) is 70.1 Å². The highest BCUT2D eigenvalue weighted by Gasteiger charge is 2.36. The van der Waals surface area contributed by atoms with E-state index in [0.717, 1.165) is 22.5 Å². The molecule has 0 bridgehead atoms. The molecule has 35 heavy (non-hydrogen) atoms. The van der Waals surface area contributed by atoms with E-state index in [0.29, 0.717) is 18.8 Å². The second kappa shape index (κ2) is 8.84. The third-order valence-corrected chi connectivity index (χ3v) is 6.49. The minimum atomic E-state index is -4.60. The van der Waals surface area contributed by atoms with Gasteiger partial charge in [0.15, 0.2) is 5.78 Å². The summed E-state index contributed by atoms with van der Waals surface area (Å²) in [6.07, 6.45) is -3.79. The van der Waals surface area contributed by atoms with Crippen LogP contribution in [0.2, 0.25) is 0 Å². The zero-order valence-electron chi connectivity index (χ0n) is 18.9. The van der Waals surface area contributed by atoms with E-state index in [1.807, 2.05) is 24.3 Å². The van der Waals surface area contributed by atoms with Crippen molar-refractivity contribution >= 4 is 27.7 Å². The largest absolute Gasteiger partial charge is 0.481 e. The van der Waals surface area contributed by atoms with Gasteiger partial charge in [-0.05, 0) is 55.3 Å². The number of hydrogen-bond donors (Lipinski definition) is 2. The molecule has 0 spiro atoms. The topological polar surface area (TPSA) is 89.0 Å². The van der Waals surface area contributed by atoms with Crippen LogP contribution in [-0.2, 0) is 17.4 Å². The molecule has 0 aliphatic carbocycles. The molecule has 0 saturated carbocycles. The van der Waals surface area contributed by atoms with Gasteiger partial charge in [-0.2, -0.15) is 13.2 Å². The number of methoxy groups -OCH3 is 1. The van der Waals surface area contributed by atoms with Gasteiger partial charge in [-0.1, -0.05) is 12.1 Å². The lowest BCUT2D eigenvalue weighted by Crippen LogP contribution is -2.45. The van der Waals surface area contributed by atoms with Gasteiger partial charge in [0.05, 0.1) is 35.3 Å². The number of H-pyrrole nitrogens is 1. The minimum absolute atomic E-state index is 0.0838. The summed E-state index contributed by atoms with van der Waals surface area (Å²) in [5.41, 5.74) is 0.0502. The van der Waals surface area contributed by atoms with Gasteiger partial charge in [-0.25, -0.2) is 9.78 Å². The van der Waals surface area contributed by atoms with Crippen molar-refractivity contribution in [3.63, 3.8) is 0 Å². The molecule has 1 aliphatic rings. The molecule has 0 amide bonds. The van der Waals surface area contributed by atoms with Crippen LogP contribution in [0.1, 0.15) is 30.0 Å². The molecule has 1 aliphatic heterocycles. The molecule has 4 aromatic rings. The number of ether oxygens (including phenoxy) is 1. The van der Waals surface area contributed by atoms with Crippen molar-refractivity contribution in [3.8, 4) is 5.88 Å². The van der Waals surface area contributed by atoms with Crippen LogP contribution >= 0.6 is 0 Å². The van der Waals surface area contributed by atoms with Gasteiger partial charge < -0.3 is 15.0 Å².